The smallest absolute Gasteiger partial charge is 0.0587 e. The number of aryl methyl sites for hydroxylation is 1. The van der Waals surface area contributed by atoms with Crippen molar-refractivity contribution in [3.05, 3.63) is 35.4 Å². The highest BCUT2D eigenvalue weighted by Gasteiger charge is 1.91. The summed E-state index contributed by atoms with van der Waals surface area (Å²) < 4.78 is 4.94. The molecule has 1 rings (SSSR count). The molecule has 0 saturated carbocycles. The van der Waals surface area contributed by atoms with Gasteiger partial charge in [0.2, 0.25) is 0 Å². The number of methoxy groups -OCH3 is 1. The van der Waals surface area contributed by atoms with Gasteiger partial charge in [-0.2, -0.15) is 0 Å². The molecule has 0 aliphatic heterocycles. The number of hydrogen-bond donors (Lipinski definition) is 1. The molecular formula is C14H25NO. The summed E-state index contributed by atoms with van der Waals surface area (Å²) in [6, 6.07) is 8.56. The Kier molecular flexibility index (Phi) is 10.1. The van der Waals surface area contributed by atoms with Crippen LogP contribution in [0.5, 0.6) is 0 Å². The van der Waals surface area contributed by atoms with Crippen molar-refractivity contribution in [1.29, 1.82) is 0 Å². The van der Waals surface area contributed by atoms with Crippen molar-refractivity contribution < 1.29 is 4.74 Å². The van der Waals surface area contributed by atoms with Crippen LogP contribution in [0.1, 0.15) is 31.4 Å². The highest BCUT2D eigenvalue weighted by molar-refractivity contribution is 5.20. The largest absolute Gasteiger partial charge is 0.383 e. The van der Waals surface area contributed by atoms with Gasteiger partial charge in [0.15, 0.2) is 0 Å². The molecule has 2 heteroatoms. The molecule has 0 fully saturated rings. The lowest BCUT2D eigenvalue weighted by Gasteiger charge is -2.04. The SMILES string of the molecule is CCC.COCCNCc1ccc(C)cc1. The van der Waals surface area contributed by atoms with Crippen LogP contribution in [0.3, 0.4) is 0 Å². The summed E-state index contributed by atoms with van der Waals surface area (Å²) in [7, 11) is 1.72. The maximum atomic E-state index is 4.94. The lowest BCUT2D eigenvalue weighted by Crippen LogP contribution is -2.18. The summed E-state index contributed by atoms with van der Waals surface area (Å²) in [5.74, 6) is 0. The summed E-state index contributed by atoms with van der Waals surface area (Å²) in [5, 5.41) is 3.30. The van der Waals surface area contributed by atoms with Gasteiger partial charge in [-0.15, -0.1) is 0 Å². The molecule has 0 amide bonds. The van der Waals surface area contributed by atoms with Crippen LogP contribution >= 0.6 is 0 Å². The third-order valence-corrected chi connectivity index (χ3v) is 1.93. The van der Waals surface area contributed by atoms with E-state index in [1.165, 1.54) is 17.5 Å². The summed E-state index contributed by atoms with van der Waals surface area (Å²) in [6.45, 7) is 8.95. The highest BCUT2D eigenvalue weighted by atomic mass is 16.5. The normalized spacial score (nSPS) is 9.50. The second-order valence-corrected chi connectivity index (χ2v) is 3.86. The molecule has 0 aliphatic carbocycles. The maximum absolute atomic E-state index is 4.94. The molecule has 0 heterocycles. The van der Waals surface area contributed by atoms with Crippen molar-refractivity contribution in [2.24, 2.45) is 0 Å². The van der Waals surface area contributed by atoms with E-state index < -0.39 is 0 Å². The molecule has 0 saturated heterocycles. The van der Waals surface area contributed by atoms with E-state index in [1.54, 1.807) is 7.11 Å². The van der Waals surface area contributed by atoms with E-state index in [1.807, 2.05) is 0 Å². The Morgan fingerprint density at radius 2 is 1.69 bits per heavy atom. The lowest BCUT2D eigenvalue weighted by atomic mass is 10.1. The van der Waals surface area contributed by atoms with E-state index in [2.05, 4.69) is 50.4 Å². The number of hydrogen-bond acceptors (Lipinski definition) is 2. The molecule has 0 spiro atoms. The van der Waals surface area contributed by atoms with Gasteiger partial charge in [-0.3, -0.25) is 0 Å². The van der Waals surface area contributed by atoms with Crippen LogP contribution in [0.4, 0.5) is 0 Å². The average molecular weight is 223 g/mol. The topological polar surface area (TPSA) is 21.3 Å². The predicted octanol–water partition coefficient (Wildman–Crippen LogP) is 3.15. The molecule has 0 aliphatic rings. The Morgan fingerprint density at radius 3 is 2.19 bits per heavy atom. The first kappa shape index (κ1) is 15.1. The second-order valence-electron chi connectivity index (χ2n) is 3.86. The van der Waals surface area contributed by atoms with Crippen LogP contribution in [-0.4, -0.2) is 20.3 Å². The molecule has 1 aromatic carbocycles. The van der Waals surface area contributed by atoms with Gasteiger partial charge in [-0.1, -0.05) is 50.1 Å². The Morgan fingerprint density at radius 1 is 1.12 bits per heavy atom. The Balaban J connectivity index is 0.000000673. The van der Waals surface area contributed by atoms with Crippen LogP contribution in [0.25, 0.3) is 0 Å². The molecule has 2 nitrogen and oxygen atoms in total. The van der Waals surface area contributed by atoms with Gasteiger partial charge in [0.05, 0.1) is 6.61 Å². The first-order chi connectivity index (χ1) is 7.74. The summed E-state index contributed by atoms with van der Waals surface area (Å²) in [6.07, 6.45) is 1.25. The summed E-state index contributed by atoms with van der Waals surface area (Å²) in [5.41, 5.74) is 2.63. The summed E-state index contributed by atoms with van der Waals surface area (Å²) >= 11 is 0. The van der Waals surface area contributed by atoms with Gasteiger partial charge < -0.3 is 10.1 Å². The Labute approximate surface area is 100 Å². The van der Waals surface area contributed by atoms with Crippen LogP contribution in [-0.2, 0) is 11.3 Å². The zero-order chi connectivity index (χ0) is 12.2. The minimum absolute atomic E-state index is 0.770. The quantitative estimate of drug-likeness (QED) is 0.774. The zero-order valence-corrected chi connectivity index (χ0v) is 11.0. The molecule has 92 valence electrons. The molecule has 0 aromatic heterocycles. The fourth-order valence-corrected chi connectivity index (χ4v) is 1.11. The molecule has 0 atom stereocenters. The van der Waals surface area contributed by atoms with Crippen molar-refractivity contribution in [2.75, 3.05) is 20.3 Å². The van der Waals surface area contributed by atoms with Crippen LogP contribution in [0.2, 0.25) is 0 Å². The van der Waals surface area contributed by atoms with Crippen molar-refractivity contribution in [1.82, 2.24) is 5.32 Å². The van der Waals surface area contributed by atoms with Gasteiger partial charge >= 0.3 is 0 Å². The van der Waals surface area contributed by atoms with Crippen molar-refractivity contribution in [3.8, 4) is 0 Å². The molecular weight excluding hydrogens is 198 g/mol. The van der Waals surface area contributed by atoms with Gasteiger partial charge in [-0.05, 0) is 12.5 Å². The maximum Gasteiger partial charge on any atom is 0.0587 e. The average Bonchev–Trinajstić information content (AvgIpc) is 2.28. The van der Waals surface area contributed by atoms with Gasteiger partial charge in [0, 0.05) is 20.2 Å². The number of nitrogens with one attached hydrogen (secondary N) is 1. The second kappa shape index (κ2) is 10.7. The number of ether oxygens (including phenoxy) is 1. The summed E-state index contributed by atoms with van der Waals surface area (Å²) in [4.78, 5) is 0. The third-order valence-electron chi connectivity index (χ3n) is 1.93. The zero-order valence-electron chi connectivity index (χ0n) is 11.0. The molecule has 0 radical (unpaired) electrons. The van der Waals surface area contributed by atoms with Crippen LogP contribution in [0, 0.1) is 6.92 Å². The van der Waals surface area contributed by atoms with E-state index in [4.69, 9.17) is 4.74 Å². The number of benzene rings is 1. The first-order valence-corrected chi connectivity index (χ1v) is 5.99. The van der Waals surface area contributed by atoms with Gasteiger partial charge in [0.1, 0.15) is 0 Å². The molecule has 16 heavy (non-hydrogen) atoms. The third kappa shape index (κ3) is 8.45. The Bertz CT molecular complexity index is 243. The molecule has 0 unspecified atom stereocenters. The van der Waals surface area contributed by atoms with E-state index >= 15 is 0 Å². The van der Waals surface area contributed by atoms with Crippen LogP contribution < -0.4 is 5.32 Å². The molecule has 1 aromatic rings. The van der Waals surface area contributed by atoms with Gasteiger partial charge in [-0.25, -0.2) is 0 Å². The minimum Gasteiger partial charge on any atom is -0.383 e. The van der Waals surface area contributed by atoms with E-state index in [0.717, 1.165) is 19.7 Å². The molecule has 0 bridgehead atoms. The predicted molar refractivity (Wildman–Crippen MR) is 70.7 cm³/mol. The van der Waals surface area contributed by atoms with Crippen molar-refractivity contribution in [3.63, 3.8) is 0 Å². The highest BCUT2D eigenvalue weighted by Crippen LogP contribution is 2.01. The first-order valence-electron chi connectivity index (χ1n) is 5.99. The fourth-order valence-electron chi connectivity index (χ4n) is 1.11. The van der Waals surface area contributed by atoms with Crippen LogP contribution in [0.15, 0.2) is 24.3 Å². The lowest BCUT2D eigenvalue weighted by molar-refractivity contribution is 0.199. The van der Waals surface area contributed by atoms with E-state index in [0.29, 0.717) is 0 Å². The monoisotopic (exact) mass is 223 g/mol. The Hall–Kier alpha value is -0.860. The minimum atomic E-state index is 0.770. The standard InChI is InChI=1S/C11H17NO.C3H8/c1-10-3-5-11(6-4-10)9-12-7-8-13-2;1-3-2/h3-6,12H,7-9H2,1-2H3;3H2,1-2H3. The van der Waals surface area contributed by atoms with E-state index in [-0.39, 0.29) is 0 Å². The van der Waals surface area contributed by atoms with Crippen molar-refractivity contribution >= 4 is 0 Å². The molecule has 1 N–H and O–H groups in total. The van der Waals surface area contributed by atoms with Crippen molar-refractivity contribution in [2.45, 2.75) is 33.7 Å². The van der Waals surface area contributed by atoms with E-state index in [9.17, 15) is 0 Å². The van der Waals surface area contributed by atoms with Gasteiger partial charge in [0.25, 0.3) is 0 Å². The fraction of sp³-hybridized carbons (Fsp3) is 0.571. The number of rotatable bonds is 5.